The number of ether oxygens (including phenoxy) is 1. The van der Waals surface area contributed by atoms with Gasteiger partial charge in [-0.2, -0.15) is 0 Å². The van der Waals surface area contributed by atoms with Gasteiger partial charge in [-0.3, -0.25) is 0 Å². The Morgan fingerprint density at radius 3 is 2.50 bits per heavy atom. The molecule has 1 saturated carbocycles. The van der Waals surface area contributed by atoms with E-state index < -0.39 is 0 Å². The minimum absolute atomic E-state index is 0.400. The van der Waals surface area contributed by atoms with Crippen molar-refractivity contribution in [2.75, 3.05) is 12.4 Å². The zero-order chi connectivity index (χ0) is 13.9. The van der Waals surface area contributed by atoms with E-state index in [9.17, 15) is 0 Å². The number of hydrogen-bond acceptors (Lipinski definition) is 2. The van der Waals surface area contributed by atoms with E-state index >= 15 is 0 Å². The maximum absolute atomic E-state index is 5.27. The third-order valence-corrected chi connectivity index (χ3v) is 4.35. The summed E-state index contributed by atoms with van der Waals surface area (Å²) >= 11 is 3.54. The van der Waals surface area contributed by atoms with Crippen LogP contribution in [-0.4, -0.2) is 7.11 Å². The minimum atomic E-state index is 0.400. The fourth-order valence-electron chi connectivity index (χ4n) is 2.50. The number of rotatable bonds is 5. The maximum atomic E-state index is 5.27. The molecular weight excluding hydrogens is 314 g/mol. The zero-order valence-corrected chi connectivity index (χ0v) is 13.1. The van der Waals surface area contributed by atoms with Crippen LogP contribution in [0.4, 0.5) is 5.69 Å². The van der Waals surface area contributed by atoms with Gasteiger partial charge in [-0.25, -0.2) is 0 Å². The first kappa shape index (κ1) is 13.5. The van der Waals surface area contributed by atoms with Gasteiger partial charge < -0.3 is 10.1 Å². The molecule has 1 unspecified atom stereocenters. The van der Waals surface area contributed by atoms with Crippen molar-refractivity contribution in [3.63, 3.8) is 0 Å². The summed E-state index contributed by atoms with van der Waals surface area (Å²) in [5.74, 6) is 1.61. The van der Waals surface area contributed by atoms with Crippen molar-refractivity contribution in [3.8, 4) is 5.75 Å². The third-order valence-electron chi connectivity index (χ3n) is 3.73. The van der Waals surface area contributed by atoms with Crippen LogP contribution in [0.5, 0.6) is 5.75 Å². The highest BCUT2D eigenvalue weighted by Gasteiger charge is 2.32. The van der Waals surface area contributed by atoms with E-state index in [-0.39, 0.29) is 0 Å². The van der Waals surface area contributed by atoms with Crippen LogP contribution in [0.3, 0.4) is 0 Å². The molecule has 2 aromatic rings. The smallest absolute Gasteiger partial charge is 0.133 e. The highest BCUT2D eigenvalue weighted by molar-refractivity contribution is 9.10. The van der Waals surface area contributed by atoms with E-state index in [1.807, 2.05) is 6.07 Å². The molecule has 1 aliphatic rings. The topological polar surface area (TPSA) is 21.3 Å². The Morgan fingerprint density at radius 1 is 1.15 bits per heavy atom. The van der Waals surface area contributed by atoms with E-state index in [4.69, 9.17) is 4.74 Å². The molecule has 104 valence electrons. The molecule has 2 nitrogen and oxygen atoms in total. The van der Waals surface area contributed by atoms with Gasteiger partial charge in [0.05, 0.1) is 17.6 Å². The molecule has 0 bridgehead atoms. The molecule has 0 saturated heterocycles. The largest absolute Gasteiger partial charge is 0.496 e. The molecule has 0 radical (unpaired) electrons. The van der Waals surface area contributed by atoms with Crippen molar-refractivity contribution < 1.29 is 4.74 Å². The van der Waals surface area contributed by atoms with Crippen LogP contribution in [0.25, 0.3) is 0 Å². The standard InChI is InChI=1S/C17H18BrNO/c1-20-16-10-9-14(11-15(16)18)19-17(13-7-8-13)12-5-3-2-4-6-12/h2-6,9-11,13,17,19H,7-8H2,1H3. The summed E-state index contributed by atoms with van der Waals surface area (Å²) in [5, 5.41) is 3.66. The van der Waals surface area contributed by atoms with E-state index in [2.05, 4.69) is 63.7 Å². The number of anilines is 1. The first-order chi connectivity index (χ1) is 9.78. The predicted octanol–water partition coefficient (Wildman–Crippen LogP) is 5.02. The Bertz CT molecular complexity index is 581. The third kappa shape index (κ3) is 2.98. The van der Waals surface area contributed by atoms with Gasteiger partial charge in [0.2, 0.25) is 0 Å². The summed E-state index contributed by atoms with van der Waals surface area (Å²) in [6.45, 7) is 0. The summed E-state index contributed by atoms with van der Waals surface area (Å²) in [6, 6.07) is 17.2. The van der Waals surface area contributed by atoms with Crippen molar-refractivity contribution in [2.24, 2.45) is 5.92 Å². The lowest BCUT2D eigenvalue weighted by Gasteiger charge is -2.20. The van der Waals surface area contributed by atoms with Crippen LogP contribution in [0.2, 0.25) is 0 Å². The number of halogens is 1. The molecule has 1 atom stereocenters. The van der Waals surface area contributed by atoms with E-state index in [1.165, 1.54) is 18.4 Å². The monoisotopic (exact) mass is 331 g/mol. The highest BCUT2D eigenvalue weighted by Crippen LogP contribution is 2.43. The minimum Gasteiger partial charge on any atom is -0.496 e. The van der Waals surface area contributed by atoms with Gasteiger partial charge in [0.1, 0.15) is 5.75 Å². The lowest BCUT2D eigenvalue weighted by atomic mass is 10.0. The zero-order valence-electron chi connectivity index (χ0n) is 11.5. The van der Waals surface area contributed by atoms with E-state index in [0.717, 1.165) is 21.8 Å². The van der Waals surface area contributed by atoms with E-state index in [0.29, 0.717) is 6.04 Å². The summed E-state index contributed by atoms with van der Waals surface area (Å²) in [6.07, 6.45) is 2.62. The first-order valence-electron chi connectivity index (χ1n) is 6.93. The van der Waals surface area contributed by atoms with Crippen LogP contribution >= 0.6 is 15.9 Å². The first-order valence-corrected chi connectivity index (χ1v) is 7.72. The molecule has 0 aliphatic heterocycles. The molecule has 0 spiro atoms. The Labute approximate surface area is 128 Å². The van der Waals surface area contributed by atoms with Crippen LogP contribution < -0.4 is 10.1 Å². The number of hydrogen-bond donors (Lipinski definition) is 1. The van der Waals surface area contributed by atoms with Gasteiger partial charge in [0, 0.05) is 5.69 Å². The van der Waals surface area contributed by atoms with Gasteiger partial charge in [-0.05, 0) is 58.5 Å². The Balaban J connectivity index is 1.82. The second-order valence-electron chi connectivity index (χ2n) is 5.22. The molecule has 1 aliphatic carbocycles. The lowest BCUT2D eigenvalue weighted by molar-refractivity contribution is 0.412. The summed E-state index contributed by atoms with van der Waals surface area (Å²) in [4.78, 5) is 0. The van der Waals surface area contributed by atoms with Crippen LogP contribution in [0.15, 0.2) is 53.0 Å². The molecule has 1 fully saturated rings. The average Bonchev–Trinajstić information content (AvgIpc) is 3.30. The van der Waals surface area contributed by atoms with Crippen LogP contribution in [0.1, 0.15) is 24.4 Å². The number of nitrogens with one attached hydrogen (secondary N) is 1. The SMILES string of the molecule is COc1ccc(NC(c2ccccc2)C2CC2)cc1Br. The van der Waals surface area contributed by atoms with Crippen molar-refractivity contribution in [3.05, 3.63) is 58.6 Å². The molecule has 0 amide bonds. The second kappa shape index (κ2) is 5.88. The second-order valence-corrected chi connectivity index (χ2v) is 6.07. The average molecular weight is 332 g/mol. The normalized spacial score (nSPS) is 15.7. The molecule has 0 aromatic heterocycles. The lowest BCUT2D eigenvalue weighted by Crippen LogP contribution is -2.12. The van der Waals surface area contributed by atoms with Crippen molar-refractivity contribution in [1.29, 1.82) is 0 Å². The van der Waals surface area contributed by atoms with Gasteiger partial charge in [0.25, 0.3) is 0 Å². The highest BCUT2D eigenvalue weighted by atomic mass is 79.9. The fraction of sp³-hybridized carbons (Fsp3) is 0.294. The van der Waals surface area contributed by atoms with Gasteiger partial charge in [0.15, 0.2) is 0 Å². The Hall–Kier alpha value is -1.48. The predicted molar refractivity (Wildman–Crippen MR) is 86.2 cm³/mol. The van der Waals surface area contributed by atoms with Crippen molar-refractivity contribution in [2.45, 2.75) is 18.9 Å². The maximum Gasteiger partial charge on any atom is 0.133 e. The van der Waals surface area contributed by atoms with Crippen molar-refractivity contribution in [1.82, 2.24) is 0 Å². The molecule has 0 heterocycles. The molecule has 20 heavy (non-hydrogen) atoms. The van der Waals surface area contributed by atoms with Crippen molar-refractivity contribution >= 4 is 21.6 Å². The Kier molecular flexibility index (Phi) is 3.97. The molecular formula is C17H18BrNO. The Morgan fingerprint density at radius 2 is 1.90 bits per heavy atom. The number of benzene rings is 2. The molecule has 3 rings (SSSR count). The number of methoxy groups -OCH3 is 1. The van der Waals surface area contributed by atoms with Gasteiger partial charge >= 0.3 is 0 Å². The summed E-state index contributed by atoms with van der Waals surface area (Å²) in [5.41, 5.74) is 2.49. The van der Waals surface area contributed by atoms with Gasteiger partial charge in [-0.15, -0.1) is 0 Å². The molecule has 3 heteroatoms. The molecule has 1 N–H and O–H groups in total. The fourth-order valence-corrected chi connectivity index (χ4v) is 3.04. The van der Waals surface area contributed by atoms with Crippen LogP contribution in [0, 0.1) is 5.92 Å². The summed E-state index contributed by atoms with van der Waals surface area (Å²) < 4.78 is 6.25. The molecule has 2 aromatic carbocycles. The van der Waals surface area contributed by atoms with E-state index in [1.54, 1.807) is 7.11 Å². The van der Waals surface area contributed by atoms with Crippen LogP contribution in [-0.2, 0) is 0 Å². The quantitative estimate of drug-likeness (QED) is 0.830. The van der Waals surface area contributed by atoms with Gasteiger partial charge in [-0.1, -0.05) is 30.3 Å². The summed E-state index contributed by atoms with van der Waals surface area (Å²) in [7, 11) is 1.68.